The van der Waals surface area contributed by atoms with Crippen LogP contribution in [0.4, 0.5) is 0 Å². The van der Waals surface area contributed by atoms with Gasteiger partial charge in [0.25, 0.3) is 0 Å². The summed E-state index contributed by atoms with van der Waals surface area (Å²) in [5.74, 6) is -0.164. The maximum atomic E-state index is 12.1. The summed E-state index contributed by atoms with van der Waals surface area (Å²) in [6.45, 7) is 3.78. The van der Waals surface area contributed by atoms with Crippen molar-refractivity contribution in [2.75, 3.05) is 0 Å². The summed E-state index contributed by atoms with van der Waals surface area (Å²) in [5, 5.41) is 9.28. The molecule has 0 spiro atoms. The van der Waals surface area contributed by atoms with Gasteiger partial charge < -0.3 is 0 Å². The van der Waals surface area contributed by atoms with Crippen LogP contribution < -0.4 is 0 Å². The fourth-order valence-electron chi connectivity index (χ4n) is 1.66. The van der Waals surface area contributed by atoms with Crippen molar-refractivity contribution in [2.45, 2.75) is 26.7 Å². The summed E-state index contributed by atoms with van der Waals surface area (Å²) in [6.07, 6.45) is 0.964. The Bertz CT molecular complexity index is 434. The van der Waals surface area contributed by atoms with E-state index < -0.39 is 0 Å². The number of halogens is 1. The van der Waals surface area contributed by atoms with Crippen molar-refractivity contribution in [3.63, 3.8) is 0 Å². The van der Waals surface area contributed by atoms with E-state index >= 15 is 0 Å². The van der Waals surface area contributed by atoms with Crippen molar-refractivity contribution in [3.8, 4) is 6.07 Å². The second kappa shape index (κ2) is 5.67. The Hall–Kier alpha value is -1.33. The summed E-state index contributed by atoms with van der Waals surface area (Å²) < 4.78 is 0. The molecule has 1 aromatic carbocycles. The highest BCUT2D eigenvalue weighted by Crippen LogP contribution is 2.21. The van der Waals surface area contributed by atoms with Crippen molar-refractivity contribution in [1.29, 1.82) is 5.26 Å². The van der Waals surface area contributed by atoms with Crippen LogP contribution in [0.5, 0.6) is 0 Å². The van der Waals surface area contributed by atoms with Crippen LogP contribution in [-0.2, 0) is 0 Å². The van der Waals surface area contributed by atoms with Crippen LogP contribution in [0, 0.1) is 24.2 Å². The van der Waals surface area contributed by atoms with Crippen LogP contribution in [0.3, 0.4) is 0 Å². The fraction of sp³-hybridized carbons (Fsp3) is 0.385. The normalized spacial score (nSPS) is 11.9. The molecule has 0 fully saturated rings. The molecule has 0 saturated heterocycles. The second-order valence-corrected chi connectivity index (χ2v) is 4.23. The number of ketones is 1. The topological polar surface area (TPSA) is 40.9 Å². The first-order valence-electron chi connectivity index (χ1n) is 5.27. The number of benzene rings is 1. The number of carbonyl (C=O) groups is 1. The van der Waals surface area contributed by atoms with Crippen LogP contribution >= 0.6 is 11.6 Å². The first kappa shape index (κ1) is 12.7. The number of rotatable bonds is 4. The molecule has 1 atom stereocenters. The second-order valence-electron chi connectivity index (χ2n) is 3.79. The van der Waals surface area contributed by atoms with E-state index in [2.05, 4.69) is 6.07 Å². The van der Waals surface area contributed by atoms with Gasteiger partial charge in [0.15, 0.2) is 5.78 Å². The summed E-state index contributed by atoms with van der Waals surface area (Å²) in [4.78, 5) is 12.1. The quantitative estimate of drug-likeness (QED) is 0.746. The molecule has 0 aromatic heterocycles. The lowest BCUT2D eigenvalue weighted by molar-refractivity contribution is 0.0918. The zero-order valence-electron chi connectivity index (χ0n) is 9.46. The average Bonchev–Trinajstić information content (AvgIpc) is 2.25. The number of Topliss-reactive ketones (excluding diaryl/α,β-unsaturated/α-hetero) is 1. The summed E-state index contributed by atoms with van der Waals surface area (Å²) >= 11 is 5.83. The smallest absolute Gasteiger partial charge is 0.167 e. The van der Waals surface area contributed by atoms with E-state index in [9.17, 15) is 4.79 Å². The van der Waals surface area contributed by atoms with Gasteiger partial charge in [-0.2, -0.15) is 5.26 Å². The summed E-state index contributed by atoms with van der Waals surface area (Å²) in [7, 11) is 0. The maximum absolute atomic E-state index is 12.1. The molecule has 0 aliphatic rings. The molecule has 84 valence electrons. The van der Waals surface area contributed by atoms with Gasteiger partial charge in [0.1, 0.15) is 0 Å². The Morgan fingerprint density at radius 3 is 2.75 bits per heavy atom. The Morgan fingerprint density at radius 2 is 2.25 bits per heavy atom. The molecule has 0 aliphatic heterocycles. The van der Waals surface area contributed by atoms with Gasteiger partial charge >= 0.3 is 0 Å². The molecule has 1 unspecified atom stereocenters. The molecular formula is C13H14ClNO. The van der Waals surface area contributed by atoms with Crippen LogP contribution in [0.2, 0.25) is 5.02 Å². The molecule has 0 heterocycles. The lowest BCUT2D eigenvalue weighted by Crippen LogP contribution is -2.14. The molecule has 16 heavy (non-hydrogen) atoms. The number of carbonyl (C=O) groups excluding carboxylic acids is 1. The van der Waals surface area contributed by atoms with Gasteiger partial charge in [-0.05, 0) is 37.1 Å². The lowest BCUT2D eigenvalue weighted by atomic mass is 9.91. The standard InChI is InChI=1S/C13H14ClNO/c1-3-10(6-7-15)13(16)12-5-4-11(14)8-9(12)2/h4-5,8,10H,3,6H2,1-2H3. The van der Waals surface area contributed by atoms with Gasteiger partial charge in [-0.1, -0.05) is 18.5 Å². The van der Waals surface area contributed by atoms with E-state index in [1.165, 1.54) is 0 Å². The summed E-state index contributed by atoms with van der Waals surface area (Å²) in [6, 6.07) is 7.27. The molecule has 1 rings (SSSR count). The van der Waals surface area contributed by atoms with E-state index in [1.807, 2.05) is 13.8 Å². The van der Waals surface area contributed by atoms with Gasteiger partial charge in [0.05, 0.1) is 6.07 Å². The van der Waals surface area contributed by atoms with Crippen molar-refractivity contribution in [1.82, 2.24) is 0 Å². The molecule has 0 bridgehead atoms. The van der Waals surface area contributed by atoms with Gasteiger partial charge in [-0.25, -0.2) is 0 Å². The third kappa shape index (κ3) is 2.84. The first-order valence-corrected chi connectivity index (χ1v) is 5.65. The molecule has 0 amide bonds. The van der Waals surface area contributed by atoms with Crippen LogP contribution in [0.1, 0.15) is 35.7 Å². The van der Waals surface area contributed by atoms with Crippen LogP contribution in [0.25, 0.3) is 0 Å². The number of nitriles is 1. The molecule has 2 nitrogen and oxygen atoms in total. The molecule has 3 heteroatoms. The Morgan fingerprint density at radius 1 is 1.56 bits per heavy atom. The number of hydrogen-bond donors (Lipinski definition) is 0. The minimum absolute atomic E-state index is 0.0400. The monoisotopic (exact) mass is 235 g/mol. The fourth-order valence-corrected chi connectivity index (χ4v) is 1.88. The molecule has 0 N–H and O–H groups in total. The molecule has 0 aliphatic carbocycles. The minimum Gasteiger partial charge on any atom is -0.294 e. The zero-order valence-corrected chi connectivity index (χ0v) is 10.2. The SMILES string of the molecule is CCC(CC#N)C(=O)c1ccc(Cl)cc1C. The van der Waals surface area contributed by atoms with Gasteiger partial charge in [-0.15, -0.1) is 0 Å². The van der Waals surface area contributed by atoms with Crippen molar-refractivity contribution in [2.24, 2.45) is 5.92 Å². The highest BCUT2D eigenvalue weighted by atomic mass is 35.5. The molecule has 0 saturated carbocycles. The predicted octanol–water partition coefficient (Wildman–Crippen LogP) is 3.77. The average molecular weight is 236 g/mol. The van der Waals surface area contributed by atoms with E-state index in [0.717, 1.165) is 5.56 Å². The number of hydrogen-bond acceptors (Lipinski definition) is 2. The first-order chi connectivity index (χ1) is 7.60. The number of nitrogens with zero attached hydrogens (tertiary/aromatic N) is 1. The van der Waals surface area contributed by atoms with Gasteiger partial charge in [0.2, 0.25) is 0 Å². The largest absolute Gasteiger partial charge is 0.294 e. The number of aryl methyl sites for hydroxylation is 1. The van der Waals surface area contributed by atoms with Crippen molar-refractivity contribution in [3.05, 3.63) is 34.3 Å². The van der Waals surface area contributed by atoms with Crippen molar-refractivity contribution >= 4 is 17.4 Å². The molecular weight excluding hydrogens is 222 g/mol. The third-order valence-corrected chi connectivity index (χ3v) is 2.89. The van der Waals surface area contributed by atoms with Crippen molar-refractivity contribution < 1.29 is 4.79 Å². The third-order valence-electron chi connectivity index (χ3n) is 2.66. The van der Waals surface area contributed by atoms with Crippen LogP contribution in [0.15, 0.2) is 18.2 Å². The maximum Gasteiger partial charge on any atom is 0.167 e. The zero-order chi connectivity index (χ0) is 12.1. The van der Waals surface area contributed by atoms with E-state index in [0.29, 0.717) is 17.0 Å². The van der Waals surface area contributed by atoms with E-state index in [-0.39, 0.29) is 18.1 Å². The Labute approximate surface area is 101 Å². The van der Waals surface area contributed by atoms with Gasteiger partial charge in [-0.3, -0.25) is 4.79 Å². The Kier molecular flexibility index (Phi) is 4.52. The summed E-state index contributed by atoms with van der Waals surface area (Å²) in [5.41, 5.74) is 1.54. The minimum atomic E-state index is -0.204. The highest BCUT2D eigenvalue weighted by molar-refractivity contribution is 6.30. The lowest BCUT2D eigenvalue weighted by Gasteiger charge is -2.11. The van der Waals surface area contributed by atoms with E-state index in [1.54, 1.807) is 18.2 Å². The van der Waals surface area contributed by atoms with Crippen LogP contribution in [-0.4, -0.2) is 5.78 Å². The predicted molar refractivity (Wildman–Crippen MR) is 64.5 cm³/mol. The van der Waals surface area contributed by atoms with Gasteiger partial charge in [0, 0.05) is 22.9 Å². The van der Waals surface area contributed by atoms with E-state index in [4.69, 9.17) is 16.9 Å². The highest BCUT2D eigenvalue weighted by Gasteiger charge is 2.19. The molecule has 1 aromatic rings. The molecule has 0 radical (unpaired) electrons. The Balaban J connectivity index is 3.00.